The molecule has 0 aliphatic carbocycles. The van der Waals surface area contributed by atoms with Crippen molar-refractivity contribution in [2.75, 3.05) is 38.2 Å². The molecule has 1 aliphatic rings. The summed E-state index contributed by atoms with van der Waals surface area (Å²) in [4.78, 5) is 13.4. The highest BCUT2D eigenvalue weighted by molar-refractivity contribution is 5.99. The van der Waals surface area contributed by atoms with Crippen molar-refractivity contribution >= 4 is 29.1 Å². The van der Waals surface area contributed by atoms with Gasteiger partial charge in [-0.2, -0.15) is 13.2 Å². The van der Waals surface area contributed by atoms with Gasteiger partial charge in [0.2, 0.25) is 0 Å². The molecule has 0 atom stereocenters. The van der Waals surface area contributed by atoms with Gasteiger partial charge in [-0.25, -0.2) is 9.97 Å². The standard InChI is InChI=1S/C28H27F3N4O.ClH/c1-36-22-10-5-7-20(17-22)19-34-13-6-14-35(16-15-34)27-23-11-12-25(28(29,30)31)33-26(23)24(18-32-27)21-8-3-2-4-9-21;/h2-5,7-12,17-18H,6,13-16,19H2,1H3;1H. The van der Waals surface area contributed by atoms with Crippen molar-refractivity contribution in [3.05, 3.63) is 84.2 Å². The average molecular weight is 529 g/mol. The third-order valence-electron chi connectivity index (χ3n) is 6.51. The summed E-state index contributed by atoms with van der Waals surface area (Å²) >= 11 is 0. The van der Waals surface area contributed by atoms with Crippen molar-refractivity contribution in [1.82, 2.24) is 14.9 Å². The first-order valence-electron chi connectivity index (χ1n) is 11.9. The predicted molar refractivity (Wildman–Crippen MR) is 142 cm³/mol. The lowest BCUT2D eigenvalue weighted by Gasteiger charge is -2.24. The van der Waals surface area contributed by atoms with E-state index in [1.165, 1.54) is 11.6 Å². The summed E-state index contributed by atoms with van der Waals surface area (Å²) in [6, 6.07) is 19.9. The first-order chi connectivity index (χ1) is 17.4. The van der Waals surface area contributed by atoms with E-state index in [2.05, 4.69) is 20.9 Å². The molecule has 1 aliphatic heterocycles. The third kappa shape index (κ3) is 5.97. The predicted octanol–water partition coefficient (Wildman–Crippen LogP) is 6.46. The van der Waals surface area contributed by atoms with Gasteiger partial charge >= 0.3 is 6.18 Å². The second kappa shape index (κ2) is 11.4. The lowest BCUT2D eigenvalue weighted by atomic mass is 10.0. The van der Waals surface area contributed by atoms with Gasteiger partial charge in [0.05, 0.1) is 12.6 Å². The highest BCUT2D eigenvalue weighted by Gasteiger charge is 2.33. The molecule has 2 aromatic carbocycles. The molecule has 3 heterocycles. The minimum Gasteiger partial charge on any atom is -0.497 e. The van der Waals surface area contributed by atoms with Crippen molar-refractivity contribution in [1.29, 1.82) is 0 Å². The number of aromatic nitrogens is 2. The van der Waals surface area contributed by atoms with Gasteiger partial charge in [-0.1, -0.05) is 42.5 Å². The molecule has 9 heteroatoms. The molecule has 0 spiro atoms. The Morgan fingerprint density at radius 3 is 2.49 bits per heavy atom. The largest absolute Gasteiger partial charge is 0.497 e. The Balaban J connectivity index is 0.00000320. The number of ether oxygens (including phenoxy) is 1. The maximum atomic E-state index is 13.5. The summed E-state index contributed by atoms with van der Waals surface area (Å²) in [5, 5.41) is 0.630. The zero-order valence-electron chi connectivity index (χ0n) is 20.4. The number of hydrogen-bond acceptors (Lipinski definition) is 5. The summed E-state index contributed by atoms with van der Waals surface area (Å²) in [5.74, 6) is 1.51. The summed E-state index contributed by atoms with van der Waals surface area (Å²) in [6.45, 7) is 4.03. The first kappa shape index (κ1) is 26.7. The maximum absolute atomic E-state index is 13.5. The fourth-order valence-electron chi connectivity index (χ4n) is 4.71. The number of pyridine rings is 2. The van der Waals surface area contributed by atoms with Crippen LogP contribution in [0.3, 0.4) is 0 Å². The van der Waals surface area contributed by atoms with Crippen LogP contribution in [0.2, 0.25) is 0 Å². The number of nitrogens with zero attached hydrogens (tertiary/aromatic N) is 4. The minimum absolute atomic E-state index is 0. The number of methoxy groups -OCH3 is 1. The molecule has 0 saturated carbocycles. The molecule has 0 radical (unpaired) electrons. The van der Waals surface area contributed by atoms with E-state index in [9.17, 15) is 13.2 Å². The lowest BCUT2D eigenvalue weighted by Crippen LogP contribution is -2.31. The van der Waals surface area contributed by atoms with E-state index in [0.717, 1.165) is 56.5 Å². The van der Waals surface area contributed by atoms with Crippen LogP contribution in [0.4, 0.5) is 19.0 Å². The van der Waals surface area contributed by atoms with Crippen molar-refractivity contribution < 1.29 is 17.9 Å². The third-order valence-corrected chi connectivity index (χ3v) is 6.51. The second-order valence-corrected chi connectivity index (χ2v) is 8.92. The minimum atomic E-state index is -4.52. The SMILES string of the molecule is COc1cccc(CN2CCCN(c3ncc(-c4ccccc4)c4nc(C(F)(F)F)ccc34)CC2)c1.Cl. The van der Waals surface area contributed by atoms with Crippen molar-refractivity contribution in [3.8, 4) is 16.9 Å². The molecule has 5 nitrogen and oxygen atoms in total. The Morgan fingerprint density at radius 1 is 0.919 bits per heavy atom. The normalized spacial score (nSPS) is 14.8. The Hall–Kier alpha value is -3.36. The molecule has 37 heavy (non-hydrogen) atoms. The zero-order chi connectivity index (χ0) is 25.1. The Morgan fingerprint density at radius 2 is 1.73 bits per heavy atom. The molecular weight excluding hydrogens is 501 g/mol. The zero-order valence-corrected chi connectivity index (χ0v) is 21.2. The van der Waals surface area contributed by atoms with Gasteiger partial charge in [0, 0.05) is 49.9 Å². The van der Waals surface area contributed by atoms with Gasteiger partial charge in [-0.15, -0.1) is 12.4 Å². The Bertz CT molecular complexity index is 1350. The van der Waals surface area contributed by atoms with Crippen LogP contribution < -0.4 is 9.64 Å². The van der Waals surface area contributed by atoms with Gasteiger partial charge in [0.15, 0.2) is 0 Å². The molecule has 1 fully saturated rings. The highest BCUT2D eigenvalue weighted by atomic mass is 35.5. The molecular formula is C28H28ClF3N4O. The van der Waals surface area contributed by atoms with E-state index in [0.29, 0.717) is 22.3 Å². The van der Waals surface area contributed by atoms with Crippen LogP contribution in [0.1, 0.15) is 17.7 Å². The van der Waals surface area contributed by atoms with Gasteiger partial charge in [-0.05, 0) is 41.8 Å². The Labute approximate surface area is 220 Å². The molecule has 194 valence electrons. The van der Waals surface area contributed by atoms with Crippen LogP contribution in [0.25, 0.3) is 22.0 Å². The van der Waals surface area contributed by atoms with Crippen LogP contribution in [0, 0.1) is 0 Å². The summed E-state index contributed by atoms with van der Waals surface area (Å²) in [7, 11) is 1.66. The van der Waals surface area contributed by atoms with Crippen LogP contribution in [-0.4, -0.2) is 48.2 Å². The van der Waals surface area contributed by atoms with Gasteiger partial charge in [-0.3, -0.25) is 4.90 Å². The van der Waals surface area contributed by atoms with Gasteiger partial charge in [0.25, 0.3) is 0 Å². The molecule has 0 unspecified atom stereocenters. The number of anilines is 1. The molecule has 2 aromatic heterocycles. The first-order valence-corrected chi connectivity index (χ1v) is 11.9. The number of halogens is 4. The second-order valence-electron chi connectivity index (χ2n) is 8.92. The van der Waals surface area contributed by atoms with Gasteiger partial charge in [0.1, 0.15) is 17.3 Å². The molecule has 1 saturated heterocycles. The molecule has 0 N–H and O–H groups in total. The molecule has 5 rings (SSSR count). The van der Waals surface area contributed by atoms with Crippen molar-refractivity contribution in [2.24, 2.45) is 0 Å². The lowest BCUT2D eigenvalue weighted by molar-refractivity contribution is -0.140. The van der Waals surface area contributed by atoms with E-state index in [-0.39, 0.29) is 12.4 Å². The Kier molecular flexibility index (Phi) is 8.19. The van der Waals surface area contributed by atoms with Crippen LogP contribution in [0.5, 0.6) is 5.75 Å². The summed E-state index contributed by atoms with van der Waals surface area (Å²) in [5.41, 5.74) is 1.98. The molecule has 0 bridgehead atoms. The fourth-order valence-corrected chi connectivity index (χ4v) is 4.71. The quantitative estimate of drug-likeness (QED) is 0.297. The maximum Gasteiger partial charge on any atom is 0.433 e. The average Bonchev–Trinajstić information content (AvgIpc) is 3.13. The molecule has 4 aromatic rings. The smallest absolute Gasteiger partial charge is 0.433 e. The van der Waals surface area contributed by atoms with E-state index < -0.39 is 11.9 Å². The van der Waals surface area contributed by atoms with Crippen molar-refractivity contribution in [3.63, 3.8) is 0 Å². The highest BCUT2D eigenvalue weighted by Crippen LogP contribution is 2.36. The van der Waals surface area contributed by atoms with Gasteiger partial charge < -0.3 is 9.64 Å². The van der Waals surface area contributed by atoms with Crippen molar-refractivity contribution in [2.45, 2.75) is 19.1 Å². The van der Waals surface area contributed by atoms with E-state index in [1.807, 2.05) is 48.5 Å². The number of rotatable bonds is 5. The number of fused-ring (bicyclic) bond motifs is 1. The fraction of sp³-hybridized carbons (Fsp3) is 0.286. The summed E-state index contributed by atoms with van der Waals surface area (Å²) < 4.78 is 45.9. The summed E-state index contributed by atoms with van der Waals surface area (Å²) in [6.07, 6.45) is -1.95. The monoisotopic (exact) mass is 528 g/mol. The van der Waals surface area contributed by atoms with E-state index >= 15 is 0 Å². The van der Waals surface area contributed by atoms with E-state index in [1.54, 1.807) is 13.3 Å². The number of alkyl halides is 3. The number of hydrogen-bond donors (Lipinski definition) is 0. The topological polar surface area (TPSA) is 41.5 Å². The van der Waals surface area contributed by atoms with Crippen LogP contribution in [-0.2, 0) is 12.7 Å². The van der Waals surface area contributed by atoms with Crippen LogP contribution >= 0.6 is 12.4 Å². The molecule has 0 amide bonds. The van der Waals surface area contributed by atoms with E-state index in [4.69, 9.17) is 9.72 Å². The van der Waals surface area contributed by atoms with Crippen LogP contribution in [0.15, 0.2) is 72.9 Å². The number of benzene rings is 2.